The number of aliphatic imine (C=N–C) groups is 1. The van der Waals surface area contributed by atoms with Gasteiger partial charge in [0.25, 0.3) is 0 Å². The summed E-state index contributed by atoms with van der Waals surface area (Å²) in [5.41, 5.74) is 21.9. The van der Waals surface area contributed by atoms with Crippen LogP contribution in [0.2, 0.25) is 0 Å². The molecule has 0 bridgehead atoms. The highest BCUT2D eigenvalue weighted by atomic mass is 16.4. The molecule has 0 saturated carbocycles. The van der Waals surface area contributed by atoms with Crippen molar-refractivity contribution in [3.05, 3.63) is 0 Å². The lowest BCUT2D eigenvalue weighted by atomic mass is 10.1. The Balaban J connectivity index is 2.93. The van der Waals surface area contributed by atoms with Crippen LogP contribution in [0.25, 0.3) is 0 Å². The summed E-state index contributed by atoms with van der Waals surface area (Å²) < 4.78 is 0. The van der Waals surface area contributed by atoms with Crippen LogP contribution in [-0.2, 0) is 24.0 Å². The number of carboxylic acids is 2. The first-order valence-electron chi connectivity index (χ1n) is 12.3. The fraction of sp³-hybridized carbons (Fsp3) is 0.727. The number of carbonyl (C=O) groups is 5. The van der Waals surface area contributed by atoms with Crippen molar-refractivity contribution in [2.75, 3.05) is 19.6 Å². The summed E-state index contributed by atoms with van der Waals surface area (Å²) in [7, 11) is 0. The van der Waals surface area contributed by atoms with Gasteiger partial charge in [-0.2, -0.15) is 0 Å². The normalized spacial score (nSPS) is 17.4. The van der Waals surface area contributed by atoms with Crippen LogP contribution < -0.4 is 33.6 Å². The van der Waals surface area contributed by atoms with Crippen molar-refractivity contribution in [1.82, 2.24) is 15.5 Å². The number of rotatable bonds is 17. The van der Waals surface area contributed by atoms with Gasteiger partial charge in [-0.15, -0.1) is 0 Å². The van der Waals surface area contributed by atoms with Gasteiger partial charge < -0.3 is 48.7 Å². The molecule has 1 rings (SSSR count). The molecule has 0 aromatic heterocycles. The summed E-state index contributed by atoms with van der Waals surface area (Å²) in [5.74, 6) is -4.25. The Kier molecular flexibility index (Phi) is 13.9. The SMILES string of the molecule is NCCCCC(NC(=O)C(CCCN=C(N)N)NC(=O)C1CCCN1C(=O)C(N)CCC(=O)O)C(=O)O. The molecule has 1 fully saturated rings. The predicted molar refractivity (Wildman–Crippen MR) is 134 cm³/mol. The number of nitrogens with zero attached hydrogens (tertiary/aromatic N) is 2. The van der Waals surface area contributed by atoms with Gasteiger partial charge in [0.15, 0.2) is 5.96 Å². The van der Waals surface area contributed by atoms with Gasteiger partial charge in [-0.05, 0) is 57.9 Å². The molecule has 12 N–H and O–H groups in total. The molecular formula is C22H40N8O7. The number of hydrogen-bond acceptors (Lipinski definition) is 8. The van der Waals surface area contributed by atoms with Gasteiger partial charge in [0.05, 0.1) is 6.04 Å². The van der Waals surface area contributed by atoms with E-state index in [0.717, 1.165) is 0 Å². The topological polar surface area (TPSA) is 270 Å². The maximum Gasteiger partial charge on any atom is 0.326 e. The van der Waals surface area contributed by atoms with Crippen LogP contribution in [0.5, 0.6) is 0 Å². The molecule has 37 heavy (non-hydrogen) atoms. The van der Waals surface area contributed by atoms with Crippen molar-refractivity contribution < 1.29 is 34.2 Å². The van der Waals surface area contributed by atoms with Gasteiger partial charge >= 0.3 is 11.9 Å². The van der Waals surface area contributed by atoms with Crippen molar-refractivity contribution in [3.63, 3.8) is 0 Å². The molecule has 1 heterocycles. The Bertz CT molecular complexity index is 834. The molecule has 15 heteroatoms. The summed E-state index contributed by atoms with van der Waals surface area (Å²) in [6.45, 7) is 0.842. The number of unbranched alkanes of at least 4 members (excludes halogenated alkanes) is 1. The third kappa shape index (κ3) is 11.4. The molecule has 210 valence electrons. The zero-order valence-corrected chi connectivity index (χ0v) is 20.9. The average molecular weight is 529 g/mol. The molecule has 0 radical (unpaired) electrons. The van der Waals surface area contributed by atoms with Gasteiger partial charge in [0.1, 0.15) is 18.1 Å². The summed E-state index contributed by atoms with van der Waals surface area (Å²) in [4.78, 5) is 66.4. The van der Waals surface area contributed by atoms with E-state index in [2.05, 4.69) is 15.6 Å². The summed E-state index contributed by atoms with van der Waals surface area (Å²) in [6, 6.07) is -4.23. The van der Waals surface area contributed by atoms with Gasteiger partial charge in [-0.1, -0.05) is 0 Å². The van der Waals surface area contributed by atoms with Crippen molar-refractivity contribution in [2.45, 2.75) is 82.0 Å². The Hall–Kier alpha value is -3.46. The van der Waals surface area contributed by atoms with E-state index in [-0.39, 0.29) is 44.7 Å². The molecule has 0 aromatic carbocycles. The van der Waals surface area contributed by atoms with Crippen molar-refractivity contribution >= 4 is 35.6 Å². The quantitative estimate of drug-likeness (QED) is 0.0551. The Morgan fingerprint density at radius 3 is 2.24 bits per heavy atom. The van der Waals surface area contributed by atoms with E-state index in [4.69, 9.17) is 28.0 Å². The molecule has 1 saturated heterocycles. The molecule has 4 unspecified atom stereocenters. The smallest absolute Gasteiger partial charge is 0.326 e. The minimum Gasteiger partial charge on any atom is -0.481 e. The van der Waals surface area contributed by atoms with Crippen LogP contribution in [0.3, 0.4) is 0 Å². The monoisotopic (exact) mass is 528 g/mol. The second-order valence-electron chi connectivity index (χ2n) is 8.92. The van der Waals surface area contributed by atoms with E-state index in [9.17, 15) is 29.1 Å². The van der Waals surface area contributed by atoms with Gasteiger partial charge in [0, 0.05) is 19.5 Å². The van der Waals surface area contributed by atoms with E-state index in [0.29, 0.717) is 38.6 Å². The summed E-state index contributed by atoms with van der Waals surface area (Å²) in [5, 5.41) is 23.4. The first-order chi connectivity index (χ1) is 17.5. The first kappa shape index (κ1) is 31.6. The Labute approximate surface area is 215 Å². The number of nitrogens with two attached hydrogens (primary N) is 4. The molecule has 0 aliphatic carbocycles. The molecular weight excluding hydrogens is 488 g/mol. The number of carboxylic acid groups (broad SMARTS) is 2. The van der Waals surface area contributed by atoms with Crippen LogP contribution in [0.15, 0.2) is 4.99 Å². The molecule has 1 aliphatic rings. The Morgan fingerprint density at radius 2 is 1.65 bits per heavy atom. The van der Waals surface area contributed by atoms with E-state index < -0.39 is 53.8 Å². The molecule has 0 spiro atoms. The lowest BCUT2D eigenvalue weighted by Gasteiger charge is -2.28. The number of guanidine groups is 1. The minimum absolute atomic E-state index is 0.0738. The van der Waals surface area contributed by atoms with Crippen LogP contribution in [0.1, 0.15) is 57.8 Å². The van der Waals surface area contributed by atoms with E-state index in [1.165, 1.54) is 4.90 Å². The largest absolute Gasteiger partial charge is 0.481 e. The maximum atomic E-state index is 13.1. The lowest BCUT2D eigenvalue weighted by Crippen LogP contribution is -2.56. The molecule has 15 nitrogen and oxygen atoms in total. The fourth-order valence-corrected chi connectivity index (χ4v) is 3.98. The molecule has 1 aliphatic heterocycles. The van der Waals surface area contributed by atoms with E-state index >= 15 is 0 Å². The number of likely N-dealkylation sites (tertiary alicyclic amines) is 1. The van der Waals surface area contributed by atoms with Crippen LogP contribution in [0.4, 0.5) is 0 Å². The summed E-state index contributed by atoms with van der Waals surface area (Å²) in [6.07, 6.45) is 2.20. The number of hydrogen-bond donors (Lipinski definition) is 8. The van der Waals surface area contributed by atoms with Gasteiger partial charge in [0.2, 0.25) is 17.7 Å². The van der Waals surface area contributed by atoms with Crippen molar-refractivity contribution in [1.29, 1.82) is 0 Å². The summed E-state index contributed by atoms with van der Waals surface area (Å²) >= 11 is 0. The number of carbonyl (C=O) groups excluding carboxylic acids is 3. The molecule has 4 atom stereocenters. The first-order valence-corrected chi connectivity index (χ1v) is 12.3. The molecule has 0 aromatic rings. The van der Waals surface area contributed by atoms with Crippen LogP contribution >= 0.6 is 0 Å². The number of amides is 3. The van der Waals surface area contributed by atoms with Gasteiger partial charge in [-0.3, -0.25) is 24.2 Å². The number of aliphatic carboxylic acids is 2. The zero-order valence-electron chi connectivity index (χ0n) is 20.9. The number of nitrogens with one attached hydrogen (secondary N) is 2. The van der Waals surface area contributed by atoms with Crippen molar-refractivity contribution in [3.8, 4) is 0 Å². The second kappa shape index (κ2) is 16.3. The predicted octanol–water partition coefficient (Wildman–Crippen LogP) is -2.59. The second-order valence-corrected chi connectivity index (χ2v) is 8.92. The van der Waals surface area contributed by atoms with Gasteiger partial charge in [-0.25, -0.2) is 4.79 Å². The third-order valence-electron chi connectivity index (χ3n) is 5.96. The van der Waals surface area contributed by atoms with E-state index in [1.807, 2.05) is 0 Å². The highest BCUT2D eigenvalue weighted by molar-refractivity contribution is 5.94. The van der Waals surface area contributed by atoms with Crippen LogP contribution in [-0.4, -0.2) is 94.5 Å². The highest BCUT2D eigenvalue weighted by Gasteiger charge is 2.37. The van der Waals surface area contributed by atoms with E-state index in [1.54, 1.807) is 0 Å². The van der Waals surface area contributed by atoms with Crippen LogP contribution in [0, 0.1) is 0 Å². The highest BCUT2D eigenvalue weighted by Crippen LogP contribution is 2.20. The fourth-order valence-electron chi connectivity index (χ4n) is 3.98. The minimum atomic E-state index is -1.21. The maximum absolute atomic E-state index is 13.1. The molecule has 3 amide bonds. The lowest BCUT2D eigenvalue weighted by molar-refractivity contribution is -0.143. The Morgan fingerprint density at radius 1 is 0.973 bits per heavy atom. The standard InChI is InChI=1S/C22H40N8O7/c23-10-2-1-5-15(21(36)37)29-18(33)14(6-3-11-27-22(25)26)28-19(34)16-7-4-12-30(16)20(35)13(24)8-9-17(31)32/h13-16H,1-12,23-24H2,(H,28,34)(H,29,33)(H,31,32)(H,36,37)(H4,25,26,27). The third-order valence-corrected chi connectivity index (χ3v) is 5.96. The zero-order chi connectivity index (χ0) is 28.0. The van der Waals surface area contributed by atoms with Crippen molar-refractivity contribution in [2.24, 2.45) is 27.9 Å². The average Bonchev–Trinajstić information content (AvgIpc) is 3.33.